The van der Waals surface area contributed by atoms with Gasteiger partial charge in [-0.05, 0) is 48.4 Å². The molecule has 1 aromatic carbocycles. The second-order valence-electron chi connectivity index (χ2n) is 7.20. The number of hydrogen-bond acceptors (Lipinski definition) is 6. The monoisotopic (exact) mass is 452 g/mol. The van der Waals surface area contributed by atoms with E-state index in [1.165, 1.54) is 11.3 Å². The molecule has 0 spiro atoms. The van der Waals surface area contributed by atoms with Crippen molar-refractivity contribution in [3.63, 3.8) is 0 Å². The van der Waals surface area contributed by atoms with Gasteiger partial charge in [-0.2, -0.15) is 4.31 Å². The highest BCUT2D eigenvalue weighted by Crippen LogP contribution is 2.29. The minimum Gasteiger partial charge on any atom is -0.493 e. The van der Waals surface area contributed by atoms with E-state index in [1.54, 1.807) is 48.2 Å². The Balaban J connectivity index is 1.55. The minimum absolute atomic E-state index is 0.0905. The van der Waals surface area contributed by atoms with Crippen molar-refractivity contribution in [3.05, 3.63) is 41.3 Å². The molecule has 7 nitrogen and oxygen atoms in total. The maximum absolute atomic E-state index is 12.9. The van der Waals surface area contributed by atoms with E-state index in [9.17, 15) is 13.2 Å². The van der Waals surface area contributed by atoms with Crippen LogP contribution in [0, 0.1) is 0 Å². The van der Waals surface area contributed by atoms with E-state index >= 15 is 0 Å². The first-order valence-electron chi connectivity index (χ1n) is 9.98. The standard InChI is InChI=1S/C21H28N2O5S2/c1-27-18-9-8-16(14-19(18)28-2)15-20(24)22-11-10-17-6-3-4-12-23(17)30(25,26)21-7-5-13-29-21/h5,7-9,13-14,17H,3-4,6,10-12,15H2,1-2H3,(H,22,24). The van der Waals surface area contributed by atoms with Gasteiger partial charge >= 0.3 is 0 Å². The lowest BCUT2D eigenvalue weighted by atomic mass is 10.0. The number of carbonyl (C=O) groups is 1. The highest BCUT2D eigenvalue weighted by Gasteiger charge is 2.33. The molecule has 0 aliphatic carbocycles. The van der Waals surface area contributed by atoms with Crippen molar-refractivity contribution in [3.8, 4) is 11.5 Å². The van der Waals surface area contributed by atoms with Gasteiger partial charge in [0.1, 0.15) is 4.21 Å². The molecule has 30 heavy (non-hydrogen) atoms. The highest BCUT2D eigenvalue weighted by atomic mass is 32.2. The SMILES string of the molecule is COc1ccc(CC(=O)NCCC2CCCCN2S(=O)(=O)c2cccs2)cc1OC. The normalized spacial score (nSPS) is 17.5. The second-order valence-corrected chi connectivity index (χ2v) is 10.3. The predicted octanol–water partition coefficient (Wildman–Crippen LogP) is 3.06. The molecule has 0 saturated carbocycles. The Kier molecular flexibility index (Phi) is 7.74. The van der Waals surface area contributed by atoms with E-state index < -0.39 is 10.0 Å². The molecule has 2 heterocycles. The summed E-state index contributed by atoms with van der Waals surface area (Å²) >= 11 is 1.24. The fraction of sp³-hybridized carbons (Fsp3) is 0.476. The summed E-state index contributed by atoms with van der Waals surface area (Å²) in [6.07, 6.45) is 3.51. The predicted molar refractivity (Wildman–Crippen MR) is 117 cm³/mol. The molecule has 1 unspecified atom stereocenters. The Hall–Kier alpha value is -2.10. The Bertz CT molecular complexity index is 944. The van der Waals surface area contributed by atoms with Crippen molar-refractivity contribution in [1.29, 1.82) is 0 Å². The number of ether oxygens (including phenoxy) is 2. The molecule has 3 rings (SSSR count). The fourth-order valence-electron chi connectivity index (χ4n) is 3.72. The van der Waals surface area contributed by atoms with Gasteiger partial charge in [0.2, 0.25) is 5.91 Å². The van der Waals surface area contributed by atoms with E-state index in [0.29, 0.717) is 35.2 Å². The molecule has 164 valence electrons. The lowest BCUT2D eigenvalue weighted by molar-refractivity contribution is -0.120. The quantitative estimate of drug-likeness (QED) is 0.632. The van der Waals surface area contributed by atoms with Gasteiger partial charge in [-0.15, -0.1) is 11.3 Å². The van der Waals surface area contributed by atoms with Crippen LogP contribution in [0.3, 0.4) is 0 Å². The van der Waals surface area contributed by atoms with E-state index in [4.69, 9.17) is 9.47 Å². The number of carbonyl (C=O) groups excluding carboxylic acids is 1. The highest BCUT2D eigenvalue weighted by molar-refractivity contribution is 7.91. The van der Waals surface area contributed by atoms with Crippen LogP contribution in [-0.2, 0) is 21.2 Å². The topological polar surface area (TPSA) is 84.9 Å². The Morgan fingerprint density at radius 1 is 1.20 bits per heavy atom. The lowest BCUT2D eigenvalue weighted by Gasteiger charge is -2.34. The summed E-state index contributed by atoms with van der Waals surface area (Å²) in [6, 6.07) is 8.71. The number of sulfonamides is 1. The first kappa shape index (κ1) is 22.6. The average molecular weight is 453 g/mol. The van der Waals surface area contributed by atoms with Crippen LogP contribution < -0.4 is 14.8 Å². The van der Waals surface area contributed by atoms with E-state index in [2.05, 4.69) is 5.32 Å². The molecule has 1 amide bonds. The molecule has 2 aromatic rings. The number of nitrogens with zero attached hydrogens (tertiary/aromatic N) is 1. The number of benzene rings is 1. The molecule has 1 aliphatic rings. The number of amides is 1. The number of thiophene rings is 1. The summed E-state index contributed by atoms with van der Waals surface area (Å²) in [5, 5.41) is 4.70. The minimum atomic E-state index is -3.47. The van der Waals surface area contributed by atoms with Gasteiger partial charge in [0.05, 0.1) is 20.6 Å². The molecular formula is C21H28N2O5S2. The lowest BCUT2D eigenvalue weighted by Crippen LogP contribution is -2.45. The van der Waals surface area contributed by atoms with Crippen LogP contribution in [0.1, 0.15) is 31.2 Å². The summed E-state index contributed by atoms with van der Waals surface area (Å²) in [4.78, 5) is 12.4. The molecule has 1 aliphatic heterocycles. The van der Waals surface area contributed by atoms with Crippen LogP contribution in [-0.4, -0.2) is 52.0 Å². The summed E-state index contributed by atoms with van der Waals surface area (Å²) in [5.74, 6) is 1.09. The van der Waals surface area contributed by atoms with Crippen LogP contribution in [0.25, 0.3) is 0 Å². The van der Waals surface area contributed by atoms with Crippen molar-refractivity contribution >= 4 is 27.3 Å². The first-order valence-corrected chi connectivity index (χ1v) is 12.3. The zero-order valence-corrected chi connectivity index (χ0v) is 18.9. The molecule has 0 radical (unpaired) electrons. The maximum atomic E-state index is 12.9. The number of methoxy groups -OCH3 is 2. The molecule has 1 fully saturated rings. The summed E-state index contributed by atoms with van der Waals surface area (Å²) in [5.41, 5.74) is 0.824. The Morgan fingerprint density at radius 2 is 2.00 bits per heavy atom. The van der Waals surface area contributed by atoms with Gasteiger partial charge < -0.3 is 14.8 Å². The van der Waals surface area contributed by atoms with Crippen LogP contribution >= 0.6 is 11.3 Å². The Morgan fingerprint density at radius 3 is 2.70 bits per heavy atom. The molecule has 1 aromatic heterocycles. The van der Waals surface area contributed by atoms with Crippen molar-refractivity contribution in [1.82, 2.24) is 9.62 Å². The molecule has 0 bridgehead atoms. The van der Waals surface area contributed by atoms with Crippen LogP contribution in [0.4, 0.5) is 0 Å². The fourth-order valence-corrected chi connectivity index (χ4v) is 6.56. The maximum Gasteiger partial charge on any atom is 0.252 e. The smallest absolute Gasteiger partial charge is 0.252 e. The van der Waals surface area contributed by atoms with Crippen molar-refractivity contribution < 1.29 is 22.7 Å². The third-order valence-corrected chi connectivity index (χ3v) is 8.57. The summed E-state index contributed by atoms with van der Waals surface area (Å²) < 4.78 is 38.4. The second kappa shape index (κ2) is 10.3. The van der Waals surface area contributed by atoms with Crippen LogP contribution in [0.2, 0.25) is 0 Å². The van der Waals surface area contributed by atoms with Gasteiger partial charge in [-0.3, -0.25) is 4.79 Å². The zero-order valence-electron chi connectivity index (χ0n) is 17.3. The van der Waals surface area contributed by atoms with Gasteiger partial charge in [0, 0.05) is 19.1 Å². The molecular weight excluding hydrogens is 424 g/mol. The van der Waals surface area contributed by atoms with Crippen molar-refractivity contribution in [2.75, 3.05) is 27.3 Å². The van der Waals surface area contributed by atoms with Gasteiger partial charge in [0.25, 0.3) is 10.0 Å². The van der Waals surface area contributed by atoms with Gasteiger partial charge in [-0.25, -0.2) is 8.42 Å². The van der Waals surface area contributed by atoms with E-state index in [-0.39, 0.29) is 18.4 Å². The summed E-state index contributed by atoms with van der Waals surface area (Å²) in [6.45, 7) is 0.970. The van der Waals surface area contributed by atoms with Gasteiger partial charge in [-0.1, -0.05) is 18.6 Å². The Labute approximate surface area is 182 Å². The van der Waals surface area contributed by atoms with Crippen molar-refractivity contribution in [2.24, 2.45) is 0 Å². The number of rotatable bonds is 9. The molecule has 1 atom stereocenters. The number of piperidine rings is 1. The molecule has 9 heteroatoms. The van der Waals surface area contributed by atoms with Crippen LogP contribution in [0.15, 0.2) is 39.9 Å². The third kappa shape index (κ3) is 5.33. The van der Waals surface area contributed by atoms with E-state index in [1.807, 2.05) is 6.07 Å². The number of nitrogens with one attached hydrogen (secondary N) is 1. The average Bonchev–Trinajstić information content (AvgIpc) is 3.30. The van der Waals surface area contributed by atoms with Gasteiger partial charge in [0.15, 0.2) is 11.5 Å². The summed E-state index contributed by atoms with van der Waals surface area (Å²) in [7, 11) is -0.344. The van der Waals surface area contributed by atoms with E-state index in [0.717, 1.165) is 24.8 Å². The first-order chi connectivity index (χ1) is 14.5. The molecule has 1 N–H and O–H groups in total. The number of hydrogen-bond donors (Lipinski definition) is 1. The zero-order chi connectivity index (χ0) is 21.6. The van der Waals surface area contributed by atoms with Crippen LogP contribution in [0.5, 0.6) is 11.5 Å². The third-order valence-electron chi connectivity index (χ3n) is 5.24. The molecule has 1 saturated heterocycles. The van der Waals surface area contributed by atoms with Crippen molar-refractivity contribution in [2.45, 2.75) is 42.4 Å². The largest absolute Gasteiger partial charge is 0.493 e.